The maximum Gasteiger partial charge on any atom is 0.237 e. The van der Waals surface area contributed by atoms with E-state index >= 15 is 0 Å². The van der Waals surface area contributed by atoms with Crippen LogP contribution in [-0.4, -0.2) is 31.1 Å². The Morgan fingerprint density at radius 3 is 3.24 bits per heavy atom. The molecule has 17 heavy (non-hydrogen) atoms. The molecule has 1 fully saturated rings. The lowest BCUT2D eigenvalue weighted by molar-refractivity contribution is -0.120. The van der Waals surface area contributed by atoms with Crippen molar-refractivity contribution in [2.75, 3.05) is 25.5 Å². The molecule has 92 valence electrons. The Kier molecular flexibility index (Phi) is 3.93. The van der Waals surface area contributed by atoms with Crippen molar-refractivity contribution in [1.29, 1.82) is 0 Å². The van der Waals surface area contributed by atoms with Crippen LogP contribution < -0.4 is 15.4 Å². The second-order valence-corrected chi connectivity index (χ2v) is 4.09. The van der Waals surface area contributed by atoms with Crippen molar-refractivity contribution >= 4 is 11.6 Å². The summed E-state index contributed by atoms with van der Waals surface area (Å²) >= 11 is 0. The third-order valence-corrected chi connectivity index (χ3v) is 2.89. The molecule has 1 amide bonds. The second kappa shape index (κ2) is 5.63. The van der Waals surface area contributed by atoms with Crippen LogP contribution in [0.1, 0.15) is 12.8 Å². The standard InChI is InChI=1S/C12H17N3O2/c1-17-12-10(5-3-7-14-12)15-11(16)9-4-2-6-13-8-9/h3,5,7,9,13H,2,4,6,8H2,1H3,(H,15,16). The maximum absolute atomic E-state index is 12.0. The number of hydrogen-bond donors (Lipinski definition) is 2. The average Bonchev–Trinajstić information content (AvgIpc) is 2.40. The highest BCUT2D eigenvalue weighted by atomic mass is 16.5. The molecule has 2 rings (SSSR count). The predicted octanol–water partition coefficient (Wildman–Crippen LogP) is 1.03. The van der Waals surface area contributed by atoms with Crippen molar-refractivity contribution in [3.8, 4) is 5.88 Å². The highest BCUT2D eigenvalue weighted by molar-refractivity contribution is 5.93. The van der Waals surface area contributed by atoms with E-state index in [1.54, 1.807) is 25.4 Å². The van der Waals surface area contributed by atoms with E-state index in [4.69, 9.17) is 4.74 Å². The van der Waals surface area contributed by atoms with Crippen LogP contribution in [0.15, 0.2) is 18.3 Å². The number of aromatic nitrogens is 1. The fourth-order valence-electron chi connectivity index (χ4n) is 1.96. The molecule has 0 saturated carbocycles. The Bertz CT molecular complexity index is 389. The summed E-state index contributed by atoms with van der Waals surface area (Å²) in [6, 6.07) is 3.57. The van der Waals surface area contributed by atoms with Gasteiger partial charge in [-0.2, -0.15) is 0 Å². The van der Waals surface area contributed by atoms with Gasteiger partial charge in [0.25, 0.3) is 0 Å². The van der Waals surface area contributed by atoms with E-state index in [2.05, 4.69) is 15.6 Å². The molecule has 1 aliphatic heterocycles. The lowest BCUT2D eigenvalue weighted by Crippen LogP contribution is -2.37. The van der Waals surface area contributed by atoms with Gasteiger partial charge in [0.05, 0.1) is 13.0 Å². The summed E-state index contributed by atoms with van der Waals surface area (Å²) in [6.45, 7) is 1.74. The Balaban J connectivity index is 2.01. The fourth-order valence-corrected chi connectivity index (χ4v) is 1.96. The normalized spacial score (nSPS) is 19.7. The highest BCUT2D eigenvalue weighted by Gasteiger charge is 2.21. The van der Waals surface area contributed by atoms with Gasteiger partial charge in [0.2, 0.25) is 11.8 Å². The van der Waals surface area contributed by atoms with Crippen LogP contribution in [0, 0.1) is 5.92 Å². The highest BCUT2D eigenvalue weighted by Crippen LogP contribution is 2.21. The molecule has 1 aromatic heterocycles. The molecule has 2 N–H and O–H groups in total. The number of hydrogen-bond acceptors (Lipinski definition) is 4. The van der Waals surface area contributed by atoms with E-state index in [0.29, 0.717) is 11.6 Å². The Hall–Kier alpha value is -1.62. The van der Waals surface area contributed by atoms with Gasteiger partial charge in [0.1, 0.15) is 5.69 Å². The molecule has 0 bridgehead atoms. The third-order valence-electron chi connectivity index (χ3n) is 2.89. The van der Waals surface area contributed by atoms with E-state index < -0.39 is 0 Å². The van der Waals surface area contributed by atoms with Crippen LogP contribution in [0.3, 0.4) is 0 Å². The number of piperidine rings is 1. The lowest BCUT2D eigenvalue weighted by atomic mass is 9.99. The molecule has 1 unspecified atom stereocenters. The molecule has 0 aromatic carbocycles. The molecule has 0 aliphatic carbocycles. The van der Waals surface area contributed by atoms with Gasteiger partial charge in [-0.15, -0.1) is 0 Å². The lowest BCUT2D eigenvalue weighted by Gasteiger charge is -2.22. The van der Waals surface area contributed by atoms with E-state index in [0.717, 1.165) is 25.9 Å². The summed E-state index contributed by atoms with van der Waals surface area (Å²) in [7, 11) is 1.54. The Morgan fingerprint density at radius 2 is 2.53 bits per heavy atom. The van der Waals surface area contributed by atoms with E-state index in [1.807, 2.05) is 0 Å². The minimum atomic E-state index is 0.0310. The largest absolute Gasteiger partial charge is 0.480 e. The summed E-state index contributed by atoms with van der Waals surface area (Å²) in [5.41, 5.74) is 0.630. The van der Waals surface area contributed by atoms with Crippen molar-refractivity contribution in [1.82, 2.24) is 10.3 Å². The second-order valence-electron chi connectivity index (χ2n) is 4.09. The molecule has 5 heteroatoms. The number of rotatable bonds is 3. The molecule has 2 heterocycles. The van der Waals surface area contributed by atoms with Crippen LogP contribution in [0.2, 0.25) is 0 Å². The summed E-state index contributed by atoms with van der Waals surface area (Å²) in [5.74, 6) is 0.516. The predicted molar refractivity (Wildman–Crippen MR) is 65.0 cm³/mol. The first-order chi connectivity index (χ1) is 8.31. The Morgan fingerprint density at radius 1 is 1.65 bits per heavy atom. The number of methoxy groups -OCH3 is 1. The van der Waals surface area contributed by atoms with Gasteiger partial charge in [-0.05, 0) is 31.5 Å². The van der Waals surface area contributed by atoms with Crippen molar-refractivity contribution in [3.63, 3.8) is 0 Å². The van der Waals surface area contributed by atoms with Crippen LogP contribution in [0.5, 0.6) is 5.88 Å². The zero-order valence-corrected chi connectivity index (χ0v) is 9.90. The number of anilines is 1. The smallest absolute Gasteiger partial charge is 0.237 e. The molecule has 5 nitrogen and oxygen atoms in total. The summed E-state index contributed by atoms with van der Waals surface area (Å²) in [5, 5.41) is 6.09. The molecule has 1 aliphatic rings. The molecular weight excluding hydrogens is 218 g/mol. The number of carbonyl (C=O) groups excluding carboxylic acids is 1. The van der Waals surface area contributed by atoms with Gasteiger partial charge in [0.15, 0.2) is 0 Å². The zero-order chi connectivity index (χ0) is 12.1. The monoisotopic (exact) mass is 235 g/mol. The molecule has 1 saturated heterocycles. The quantitative estimate of drug-likeness (QED) is 0.821. The van der Waals surface area contributed by atoms with Gasteiger partial charge < -0.3 is 15.4 Å². The summed E-state index contributed by atoms with van der Waals surface area (Å²) in [6.07, 6.45) is 3.61. The van der Waals surface area contributed by atoms with Gasteiger partial charge in [-0.3, -0.25) is 4.79 Å². The number of nitrogens with zero attached hydrogens (tertiary/aromatic N) is 1. The number of nitrogens with one attached hydrogen (secondary N) is 2. The average molecular weight is 235 g/mol. The first-order valence-electron chi connectivity index (χ1n) is 5.82. The number of carbonyl (C=O) groups is 1. The van der Waals surface area contributed by atoms with Crippen molar-refractivity contribution in [3.05, 3.63) is 18.3 Å². The summed E-state index contributed by atoms with van der Waals surface area (Å²) < 4.78 is 5.09. The van der Waals surface area contributed by atoms with Crippen LogP contribution >= 0.6 is 0 Å². The first kappa shape index (κ1) is 11.9. The molecule has 0 radical (unpaired) electrons. The van der Waals surface area contributed by atoms with Crippen molar-refractivity contribution in [2.24, 2.45) is 5.92 Å². The molecule has 1 aromatic rings. The zero-order valence-electron chi connectivity index (χ0n) is 9.90. The number of ether oxygens (including phenoxy) is 1. The number of amides is 1. The minimum Gasteiger partial charge on any atom is -0.480 e. The Labute approximate surface area is 101 Å². The van der Waals surface area contributed by atoms with E-state index in [1.165, 1.54) is 0 Å². The van der Waals surface area contributed by atoms with Crippen LogP contribution in [0.4, 0.5) is 5.69 Å². The van der Waals surface area contributed by atoms with Crippen molar-refractivity contribution < 1.29 is 9.53 Å². The van der Waals surface area contributed by atoms with E-state index in [-0.39, 0.29) is 11.8 Å². The minimum absolute atomic E-state index is 0.0310. The number of pyridine rings is 1. The van der Waals surface area contributed by atoms with E-state index in [9.17, 15) is 4.79 Å². The molecular formula is C12H17N3O2. The summed E-state index contributed by atoms with van der Waals surface area (Å²) in [4.78, 5) is 16.0. The topological polar surface area (TPSA) is 63.2 Å². The fraction of sp³-hybridized carbons (Fsp3) is 0.500. The van der Waals surface area contributed by atoms with Crippen LogP contribution in [-0.2, 0) is 4.79 Å². The van der Waals surface area contributed by atoms with Crippen LogP contribution in [0.25, 0.3) is 0 Å². The SMILES string of the molecule is COc1ncccc1NC(=O)C1CCCNC1. The van der Waals surface area contributed by atoms with Gasteiger partial charge in [-0.1, -0.05) is 0 Å². The molecule has 0 spiro atoms. The first-order valence-corrected chi connectivity index (χ1v) is 5.82. The van der Waals surface area contributed by atoms with Gasteiger partial charge in [-0.25, -0.2) is 4.98 Å². The van der Waals surface area contributed by atoms with Gasteiger partial charge in [0, 0.05) is 12.7 Å². The van der Waals surface area contributed by atoms with Crippen molar-refractivity contribution in [2.45, 2.75) is 12.8 Å². The van der Waals surface area contributed by atoms with Gasteiger partial charge >= 0.3 is 0 Å². The maximum atomic E-state index is 12.0. The molecule has 1 atom stereocenters. The third kappa shape index (κ3) is 2.94.